The average Bonchev–Trinajstić information content (AvgIpc) is 3.02. The number of fused-ring (bicyclic) bond motifs is 1. The molecule has 0 aliphatic carbocycles. The van der Waals surface area contributed by atoms with Gasteiger partial charge >= 0.3 is 5.69 Å². The van der Waals surface area contributed by atoms with E-state index in [9.17, 15) is 9.59 Å². The van der Waals surface area contributed by atoms with E-state index in [-0.39, 0.29) is 18.1 Å². The summed E-state index contributed by atoms with van der Waals surface area (Å²) >= 11 is 1.35. The predicted octanol–water partition coefficient (Wildman–Crippen LogP) is 0.448. The first kappa shape index (κ1) is 13.5. The maximum Gasteiger partial charge on any atom is 0.345 e. The number of nitrogens with zero attached hydrogens (tertiary/aromatic N) is 3. The van der Waals surface area contributed by atoms with E-state index in [0.29, 0.717) is 4.88 Å². The van der Waals surface area contributed by atoms with Gasteiger partial charge in [-0.1, -0.05) is 18.2 Å². The number of hydrogen-bond acceptors (Lipinski definition) is 5. The number of nitrogens with two attached hydrogens (primary N) is 1. The molecule has 0 saturated carbocycles. The normalized spacial score (nSPS) is 11.0. The molecular weight excluding hydrogens is 290 g/mol. The summed E-state index contributed by atoms with van der Waals surface area (Å²) in [6.07, 6.45) is 1.44. The van der Waals surface area contributed by atoms with Crippen LogP contribution in [0.2, 0.25) is 0 Å². The fourth-order valence-corrected chi connectivity index (χ4v) is 3.30. The van der Waals surface area contributed by atoms with Crippen LogP contribution in [0.4, 0.5) is 0 Å². The van der Waals surface area contributed by atoms with Crippen molar-refractivity contribution in [2.75, 3.05) is 0 Å². The van der Waals surface area contributed by atoms with Gasteiger partial charge in [-0.15, -0.1) is 11.3 Å². The van der Waals surface area contributed by atoms with Gasteiger partial charge in [-0.3, -0.25) is 14.8 Å². The van der Waals surface area contributed by atoms with Crippen molar-refractivity contribution in [1.29, 1.82) is 0 Å². The van der Waals surface area contributed by atoms with Crippen LogP contribution in [0.15, 0.2) is 35.4 Å². The zero-order valence-corrected chi connectivity index (χ0v) is 12.1. The largest absolute Gasteiger partial charge is 0.345 e. The van der Waals surface area contributed by atoms with E-state index in [1.54, 1.807) is 7.05 Å². The number of aryl methyl sites for hydroxylation is 1. The Kier molecular flexibility index (Phi) is 3.32. The number of nitrogen functional groups attached to an aromatic ring is 1. The summed E-state index contributed by atoms with van der Waals surface area (Å²) in [6, 6.07) is 7.64. The van der Waals surface area contributed by atoms with Gasteiger partial charge in [0.25, 0.3) is 5.91 Å². The molecule has 108 valence electrons. The minimum Gasteiger partial charge on any atom is -0.289 e. The van der Waals surface area contributed by atoms with Crippen molar-refractivity contribution in [3.8, 4) is 0 Å². The SMILES string of the molecule is Cn1cnn(Cc2c(C(=O)NN)sc3ccccc23)c1=O. The van der Waals surface area contributed by atoms with E-state index in [1.807, 2.05) is 24.3 Å². The van der Waals surface area contributed by atoms with Gasteiger partial charge in [-0.2, -0.15) is 5.10 Å². The molecule has 3 rings (SSSR count). The van der Waals surface area contributed by atoms with E-state index < -0.39 is 0 Å². The van der Waals surface area contributed by atoms with Crippen LogP contribution in [0.25, 0.3) is 10.1 Å². The predicted molar refractivity (Wildman–Crippen MR) is 80.0 cm³/mol. The van der Waals surface area contributed by atoms with Crippen LogP contribution in [0.1, 0.15) is 15.2 Å². The molecule has 0 saturated heterocycles. The molecule has 0 fully saturated rings. The molecule has 0 atom stereocenters. The van der Waals surface area contributed by atoms with E-state index in [2.05, 4.69) is 10.5 Å². The highest BCUT2D eigenvalue weighted by Crippen LogP contribution is 2.31. The molecule has 7 nitrogen and oxygen atoms in total. The number of rotatable bonds is 3. The second-order valence-corrected chi connectivity index (χ2v) is 5.61. The summed E-state index contributed by atoms with van der Waals surface area (Å²) in [4.78, 5) is 24.4. The van der Waals surface area contributed by atoms with Crippen molar-refractivity contribution in [3.63, 3.8) is 0 Å². The topological polar surface area (TPSA) is 94.9 Å². The molecule has 3 N–H and O–H groups in total. The minimum atomic E-state index is -0.366. The van der Waals surface area contributed by atoms with Crippen molar-refractivity contribution >= 4 is 27.3 Å². The van der Waals surface area contributed by atoms with Crippen molar-refractivity contribution in [3.05, 3.63) is 51.5 Å². The molecule has 0 spiro atoms. The molecule has 1 amide bonds. The first-order valence-corrected chi connectivity index (χ1v) is 7.03. The Morgan fingerprint density at radius 1 is 1.43 bits per heavy atom. The van der Waals surface area contributed by atoms with Crippen LogP contribution >= 0.6 is 11.3 Å². The van der Waals surface area contributed by atoms with Crippen LogP contribution in [-0.4, -0.2) is 20.3 Å². The molecule has 2 aromatic heterocycles. The summed E-state index contributed by atoms with van der Waals surface area (Å²) in [5, 5.41) is 4.96. The third kappa shape index (κ3) is 2.24. The average molecular weight is 303 g/mol. The Balaban J connectivity index is 2.17. The number of aromatic nitrogens is 3. The molecule has 0 bridgehead atoms. The summed E-state index contributed by atoms with van der Waals surface area (Å²) in [5.41, 5.74) is 2.66. The van der Waals surface area contributed by atoms with Crippen molar-refractivity contribution in [2.45, 2.75) is 6.54 Å². The first-order chi connectivity index (χ1) is 10.1. The molecule has 0 radical (unpaired) electrons. The zero-order valence-electron chi connectivity index (χ0n) is 11.2. The van der Waals surface area contributed by atoms with Gasteiger partial charge in [0, 0.05) is 17.3 Å². The van der Waals surface area contributed by atoms with Gasteiger partial charge in [0.15, 0.2) is 0 Å². The summed E-state index contributed by atoms with van der Waals surface area (Å²) in [6.45, 7) is 0.229. The molecular formula is C13H13N5O2S. The number of benzene rings is 1. The van der Waals surface area contributed by atoms with Gasteiger partial charge in [0.2, 0.25) is 0 Å². The van der Waals surface area contributed by atoms with Crippen LogP contribution in [-0.2, 0) is 13.6 Å². The second kappa shape index (κ2) is 5.15. The second-order valence-electron chi connectivity index (χ2n) is 4.56. The maximum atomic E-state index is 11.9. The Morgan fingerprint density at radius 2 is 2.19 bits per heavy atom. The quantitative estimate of drug-likeness (QED) is 0.417. The summed E-state index contributed by atoms with van der Waals surface area (Å²) in [5.74, 6) is 4.88. The Hall–Kier alpha value is -2.45. The van der Waals surface area contributed by atoms with E-state index in [4.69, 9.17) is 5.84 Å². The fraction of sp³-hybridized carbons (Fsp3) is 0.154. The van der Waals surface area contributed by atoms with Crippen molar-refractivity contribution in [2.24, 2.45) is 12.9 Å². The molecule has 8 heteroatoms. The van der Waals surface area contributed by atoms with Crippen LogP contribution in [0.3, 0.4) is 0 Å². The number of amides is 1. The third-order valence-electron chi connectivity index (χ3n) is 3.23. The Morgan fingerprint density at radius 3 is 2.86 bits per heavy atom. The van der Waals surface area contributed by atoms with Crippen LogP contribution in [0, 0.1) is 0 Å². The number of hydrazine groups is 1. The lowest BCUT2D eigenvalue weighted by molar-refractivity contribution is 0.0957. The van der Waals surface area contributed by atoms with Gasteiger partial charge in [0.1, 0.15) is 6.33 Å². The van der Waals surface area contributed by atoms with Gasteiger partial charge in [0.05, 0.1) is 11.4 Å². The molecule has 2 heterocycles. The number of nitrogens with one attached hydrogen (secondary N) is 1. The third-order valence-corrected chi connectivity index (χ3v) is 4.44. The van der Waals surface area contributed by atoms with Crippen LogP contribution < -0.4 is 17.0 Å². The van der Waals surface area contributed by atoms with Gasteiger partial charge < -0.3 is 0 Å². The number of thiophene rings is 1. The fourth-order valence-electron chi connectivity index (χ4n) is 2.18. The first-order valence-electron chi connectivity index (χ1n) is 6.21. The highest BCUT2D eigenvalue weighted by molar-refractivity contribution is 7.21. The van der Waals surface area contributed by atoms with E-state index in [1.165, 1.54) is 26.9 Å². The lowest BCUT2D eigenvalue weighted by Crippen LogP contribution is -2.30. The summed E-state index contributed by atoms with van der Waals surface area (Å²) in [7, 11) is 1.63. The molecule has 0 unspecified atom stereocenters. The molecule has 3 aromatic rings. The minimum absolute atomic E-state index is 0.229. The number of carbonyl (C=O) groups is 1. The molecule has 1 aromatic carbocycles. The van der Waals surface area contributed by atoms with Gasteiger partial charge in [-0.25, -0.2) is 15.3 Å². The monoisotopic (exact) mass is 303 g/mol. The zero-order chi connectivity index (χ0) is 15.0. The molecule has 0 aliphatic rings. The maximum absolute atomic E-state index is 11.9. The summed E-state index contributed by atoms with van der Waals surface area (Å²) < 4.78 is 3.68. The number of hydrogen-bond donors (Lipinski definition) is 2. The van der Waals surface area contributed by atoms with Gasteiger partial charge in [-0.05, 0) is 11.5 Å². The van der Waals surface area contributed by atoms with Crippen LogP contribution in [0.5, 0.6) is 0 Å². The lowest BCUT2D eigenvalue weighted by Gasteiger charge is -2.03. The number of carbonyl (C=O) groups excluding carboxylic acids is 1. The Labute approximate surface area is 123 Å². The van der Waals surface area contributed by atoms with E-state index in [0.717, 1.165) is 15.6 Å². The lowest BCUT2D eigenvalue weighted by atomic mass is 10.1. The van der Waals surface area contributed by atoms with Crippen molar-refractivity contribution < 1.29 is 4.79 Å². The van der Waals surface area contributed by atoms with Crippen molar-refractivity contribution in [1.82, 2.24) is 19.8 Å². The standard InChI is InChI=1S/C13H13N5O2S/c1-17-7-15-18(13(17)20)6-9-8-4-2-3-5-10(8)21-11(9)12(19)16-14/h2-5,7H,6,14H2,1H3,(H,16,19). The Bertz CT molecular complexity index is 876. The highest BCUT2D eigenvalue weighted by atomic mass is 32.1. The molecule has 21 heavy (non-hydrogen) atoms. The van der Waals surface area contributed by atoms with E-state index >= 15 is 0 Å². The highest BCUT2D eigenvalue weighted by Gasteiger charge is 2.19. The molecule has 0 aliphatic heterocycles. The smallest absolute Gasteiger partial charge is 0.289 e.